The van der Waals surface area contributed by atoms with E-state index in [1.54, 1.807) is 6.07 Å². The molecule has 0 radical (unpaired) electrons. The van der Waals surface area contributed by atoms with Gasteiger partial charge in [0.2, 0.25) is 11.6 Å². The van der Waals surface area contributed by atoms with Crippen molar-refractivity contribution in [2.45, 2.75) is 59.7 Å². The summed E-state index contributed by atoms with van der Waals surface area (Å²) in [5.41, 5.74) is -0.507. The molecule has 5 rings (SSSR count). The van der Waals surface area contributed by atoms with Gasteiger partial charge in [0.25, 0.3) is 0 Å². The van der Waals surface area contributed by atoms with Crippen molar-refractivity contribution in [1.82, 2.24) is 20.2 Å². The highest BCUT2D eigenvalue weighted by Crippen LogP contribution is 2.42. The second kappa shape index (κ2) is 14.6. The van der Waals surface area contributed by atoms with E-state index in [0.717, 1.165) is 35.7 Å². The van der Waals surface area contributed by atoms with Crippen molar-refractivity contribution in [2.24, 2.45) is 5.92 Å². The Morgan fingerprint density at radius 2 is 1.88 bits per heavy atom. The number of carbonyl (C=O) groups excluding carboxylic acids is 1. The molecule has 0 aliphatic carbocycles. The number of nitrogens with one attached hydrogen (secondary N) is 2. The summed E-state index contributed by atoms with van der Waals surface area (Å²) < 4.78 is 66.8. The monoisotopic (exact) mass is 731 g/mol. The van der Waals surface area contributed by atoms with Gasteiger partial charge < -0.3 is 19.7 Å². The van der Waals surface area contributed by atoms with Gasteiger partial charge in [-0.25, -0.2) is 22.8 Å². The van der Waals surface area contributed by atoms with Crippen molar-refractivity contribution >= 4 is 50.7 Å². The van der Waals surface area contributed by atoms with Crippen LogP contribution in [0.25, 0.3) is 0 Å². The summed E-state index contributed by atoms with van der Waals surface area (Å²) in [5, 5.41) is 21.6. The molecule has 2 N–H and O–H groups in total. The number of aromatic amines is 1. The van der Waals surface area contributed by atoms with Crippen LogP contribution in [0.2, 0.25) is 0 Å². The number of aromatic nitrogens is 4. The normalized spacial score (nSPS) is 14.0. The number of nitro benzene ring substituents is 1. The SMILES string of the molecule is COC(=O)CC1CCN(c2nc(Sc3ccc(S(=O)(=O)C(C)(C)c4cccc([N+](=O)[O-])c4F)cc3F)nc(Nc3cc(C)[nH]n3)c2OC)CC1. The maximum atomic E-state index is 15.7. The van der Waals surface area contributed by atoms with Gasteiger partial charge in [-0.05, 0) is 69.5 Å². The lowest BCUT2D eigenvalue weighted by Gasteiger charge is -2.33. The van der Waals surface area contributed by atoms with E-state index in [-0.39, 0.29) is 27.8 Å². The number of aryl methyl sites for hydroxylation is 1. The fourth-order valence-electron chi connectivity index (χ4n) is 5.62. The number of ether oxygens (including phenoxy) is 2. The molecule has 0 atom stereocenters. The zero-order valence-electron chi connectivity index (χ0n) is 27.8. The average Bonchev–Trinajstić information content (AvgIpc) is 3.49. The van der Waals surface area contributed by atoms with Gasteiger partial charge in [-0.1, -0.05) is 12.1 Å². The molecule has 2 aromatic heterocycles. The third-order valence-corrected chi connectivity index (χ3v) is 11.8. The highest BCUT2D eigenvalue weighted by Gasteiger charge is 2.41. The highest BCUT2D eigenvalue weighted by atomic mass is 32.2. The molecule has 0 amide bonds. The Kier molecular flexibility index (Phi) is 10.6. The molecule has 3 heterocycles. The second-order valence-corrected chi connectivity index (χ2v) is 15.6. The van der Waals surface area contributed by atoms with Crippen LogP contribution in [-0.2, 0) is 24.1 Å². The number of benzene rings is 2. The summed E-state index contributed by atoms with van der Waals surface area (Å²) >= 11 is 0.846. The van der Waals surface area contributed by atoms with Gasteiger partial charge >= 0.3 is 11.7 Å². The third kappa shape index (κ3) is 7.35. The number of carbonyl (C=O) groups is 1. The molecule has 0 bridgehead atoms. The molecular weight excluding hydrogens is 697 g/mol. The summed E-state index contributed by atoms with van der Waals surface area (Å²) in [6.45, 7) is 5.31. The zero-order chi connectivity index (χ0) is 36.4. The number of sulfone groups is 1. The van der Waals surface area contributed by atoms with Crippen LogP contribution >= 0.6 is 11.8 Å². The van der Waals surface area contributed by atoms with E-state index in [4.69, 9.17) is 14.5 Å². The van der Waals surface area contributed by atoms with Gasteiger partial charge in [-0.15, -0.1) is 0 Å². The van der Waals surface area contributed by atoms with Crippen molar-refractivity contribution in [2.75, 3.05) is 37.5 Å². The maximum Gasteiger partial charge on any atom is 0.305 e. The Balaban J connectivity index is 1.47. The first-order valence-corrected chi connectivity index (χ1v) is 17.7. The number of esters is 1. The van der Waals surface area contributed by atoms with E-state index < -0.39 is 47.3 Å². The minimum absolute atomic E-state index is 0.00208. The first kappa shape index (κ1) is 36.4. The summed E-state index contributed by atoms with van der Waals surface area (Å²) in [6, 6.07) is 8.28. The van der Waals surface area contributed by atoms with E-state index >= 15 is 8.78 Å². The van der Waals surface area contributed by atoms with E-state index in [9.17, 15) is 23.3 Å². The largest absolute Gasteiger partial charge is 0.490 e. The Bertz CT molecular complexity index is 2030. The Labute approximate surface area is 291 Å². The van der Waals surface area contributed by atoms with Gasteiger partial charge in [-0.2, -0.15) is 9.49 Å². The number of methoxy groups -OCH3 is 2. The standard InChI is InChI=1S/C32H35F2N7O7S2/c1-18-15-25(39-38-18)35-29-28(48-5)30(40-13-11-19(12-14-40)16-26(42)47-4)37-31(36-29)49-24-10-9-20(17-22(24)33)50(45,46)32(2,3)21-7-6-8-23(27(21)34)41(43)44/h6-10,15,17,19H,11-14,16H2,1-5H3,(H2,35,36,37,38,39). The Morgan fingerprint density at radius 1 is 1.16 bits per heavy atom. The molecule has 1 aliphatic heterocycles. The predicted molar refractivity (Wildman–Crippen MR) is 181 cm³/mol. The van der Waals surface area contributed by atoms with Crippen LogP contribution in [0.4, 0.5) is 31.9 Å². The number of H-pyrrole nitrogens is 1. The van der Waals surface area contributed by atoms with E-state index in [2.05, 4.69) is 20.5 Å². The second-order valence-electron chi connectivity index (χ2n) is 12.1. The van der Waals surface area contributed by atoms with Crippen LogP contribution in [0.15, 0.2) is 57.4 Å². The van der Waals surface area contributed by atoms with Crippen molar-refractivity contribution in [3.8, 4) is 5.75 Å². The summed E-state index contributed by atoms with van der Waals surface area (Å²) in [5.74, 6) is -0.891. The molecule has 1 aliphatic rings. The molecule has 1 fully saturated rings. The summed E-state index contributed by atoms with van der Waals surface area (Å²) in [4.78, 5) is 33.0. The van der Waals surface area contributed by atoms with E-state index in [1.807, 2.05) is 11.8 Å². The molecule has 50 heavy (non-hydrogen) atoms. The van der Waals surface area contributed by atoms with Gasteiger partial charge in [0.05, 0.1) is 33.7 Å². The van der Waals surface area contributed by atoms with Crippen LogP contribution in [0.3, 0.4) is 0 Å². The lowest BCUT2D eigenvalue weighted by Crippen LogP contribution is -2.35. The molecule has 0 unspecified atom stereocenters. The molecule has 1 saturated heterocycles. The number of nitrogens with zero attached hydrogens (tertiary/aromatic N) is 5. The molecule has 18 heteroatoms. The van der Waals surface area contributed by atoms with Gasteiger partial charge in [0.1, 0.15) is 5.82 Å². The Hall–Kier alpha value is -4.84. The lowest BCUT2D eigenvalue weighted by atomic mass is 9.93. The quantitative estimate of drug-likeness (QED) is 0.0740. The molecule has 0 saturated carbocycles. The van der Waals surface area contributed by atoms with Gasteiger partial charge in [0, 0.05) is 42.9 Å². The fraction of sp³-hybridized carbons (Fsp3) is 0.375. The van der Waals surface area contributed by atoms with Gasteiger partial charge in [0.15, 0.2) is 32.4 Å². The van der Waals surface area contributed by atoms with Crippen LogP contribution < -0.4 is 15.0 Å². The highest BCUT2D eigenvalue weighted by molar-refractivity contribution is 7.99. The minimum Gasteiger partial charge on any atom is -0.490 e. The van der Waals surface area contributed by atoms with Crippen molar-refractivity contribution < 1.29 is 36.4 Å². The number of halogens is 2. The molecule has 266 valence electrons. The van der Waals surface area contributed by atoms with Crippen molar-refractivity contribution in [3.05, 3.63) is 75.5 Å². The number of hydrogen-bond acceptors (Lipinski definition) is 13. The van der Waals surface area contributed by atoms with E-state index in [1.165, 1.54) is 46.3 Å². The molecule has 4 aromatic rings. The number of nitro groups is 1. The predicted octanol–water partition coefficient (Wildman–Crippen LogP) is 6.09. The summed E-state index contributed by atoms with van der Waals surface area (Å²) in [6.07, 6.45) is 1.68. The van der Waals surface area contributed by atoms with Crippen LogP contribution in [-0.4, -0.2) is 66.8 Å². The molecule has 2 aromatic carbocycles. The fourth-order valence-corrected chi connectivity index (χ4v) is 7.92. The van der Waals surface area contributed by atoms with Crippen LogP contribution in [0.1, 0.15) is 44.4 Å². The Morgan fingerprint density at radius 3 is 2.48 bits per heavy atom. The average molecular weight is 732 g/mol. The smallest absolute Gasteiger partial charge is 0.305 e. The number of rotatable bonds is 12. The van der Waals surface area contributed by atoms with Crippen molar-refractivity contribution in [3.63, 3.8) is 0 Å². The minimum atomic E-state index is -4.47. The molecule has 14 nitrogen and oxygen atoms in total. The third-order valence-electron chi connectivity index (χ3n) is 8.49. The maximum absolute atomic E-state index is 15.7. The summed E-state index contributed by atoms with van der Waals surface area (Å²) in [7, 11) is -1.64. The molecular formula is C32H35F2N7O7S2. The topological polar surface area (TPSA) is 183 Å². The lowest BCUT2D eigenvalue weighted by molar-refractivity contribution is -0.387. The molecule has 0 spiro atoms. The first-order valence-electron chi connectivity index (χ1n) is 15.4. The van der Waals surface area contributed by atoms with Crippen LogP contribution in [0.5, 0.6) is 5.75 Å². The number of piperidine rings is 1. The van der Waals surface area contributed by atoms with E-state index in [0.29, 0.717) is 49.7 Å². The number of hydrogen-bond donors (Lipinski definition) is 2. The zero-order valence-corrected chi connectivity index (χ0v) is 29.5. The van der Waals surface area contributed by atoms with Crippen LogP contribution in [0, 0.1) is 34.6 Å². The van der Waals surface area contributed by atoms with Gasteiger partial charge in [-0.3, -0.25) is 20.0 Å². The van der Waals surface area contributed by atoms with Crippen molar-refractivity contribution in [1.29, 1.82) is 0 Å². The number of anilines is 3. The first-order chi connectivity index (χ1) is 23.7.